The lowest BCUT2D eigenvalue weighted by Gasteiger charge is -2.35. The maximum atomic E-state index is 13.7. The number of halogens is 2. The number of fused-ring (bicyclic) bond motifs is 1. The number of hydrogen-bond acceptors (Lipinski definition) is 4. The lowest BCUT2D eigenvalue weighted by Crippen LogP contribution is -2.45. The highest BCUT2D eigenvalue weighted by atomic mass is 35.5. The molecule has 2 aliphatic rings. The number of anilines is 1. The van der Waals surface area contributed by atoms with Crippen LogP contribution in [-0.2, 0) is 14.9 Å². The fourth-order valence-electron chi connectivity index (χ4n) is 5.09. The summed E-state index contributed by atoms with van der Waals surface area (Å²) in [6.07, 6.45) is 2.76. The average Bonchev–Trinajstić information content (AvgIpc) is 2.99. The molecule has 2 heterocycles. The lowest BCUT2D eigenvalue weighted by atomic mass is 9.70. The molecular weight excluding hydrogens is 473 g/mol. The first kappa shape index (κ1) is 24.8. The molecule has 2 aromatic carbocycles. The van der Waals surface area contributed by atoms with E-state index in [0.717, 1.165) is 30.4 Å². The molecule has 34 heavy (non-hydrogen) atoms. The number of likely N-dealkylation sites (tertiary alicyclic amines) is 1. The minimum Gasteiger partial charge on any atom is -0.444 e. The van der Waals surface area contributed by atoms with Crippen LogP contribution >= 0.6 is 23.2 Å². The maximum Gasteiger partial charge on any atom is 0.410 e. The molecule has 0 bridgehead atoms. The zero-order valence-electron chi connectivity index (χ0n) is 19.8. The summed E-state index contributed by atoms with van der Waals surface area (Å²) in [5.41, 5.74) is 0.654. The van der Waals surface area contributed by atoms with E-state index in [1.807, 2.05) is 45.0 Å². The predicted octanol–water partition coefficient (Wildman–Crippen LogP) is 5.93. The summed E-state index contributed by atoms with van der Waals surface area (Å²) < 4.78 is 5.51. The molecule has 1 atom stereocenters. The highest BCUT2D eigenvalue weighted by molar-refractivity contribution is 6.32. The summed E-state index contributed by atoms with van der Waals surface area (Å²) in [7, 11) is 0. The number of benzene rings is 2. The lowest BCUT2D eigenvalue weighted by molar-refractivity contribution is -0.122. The zero-order chi connectivity index (χ0) is 24.7. The molecule has 0 spiro atoms. The van der Waals surface area contributed by atoms with E-state index < -0.39 is 11.0 Å². The number of nitrogens with two attached hydrogens (primary N) is 1. The largest absolute Gasteiger partial charge is 0.444 e. The van der Waals surface area contributed by atoms with Crippen molar-refractivity contribution in [1.82, 2.24) is 4.90 Å². The van der Waals surface area contributed by atoms with Crippen LogP contribution in [0.5, 0.6) is 0 Å². The first-order valence-corrected chi connectivity index (χ1v) is 12.4. The van der Waals surface area contributed by atoms with Crippen molar-refractivity contribution >= 4 is 40.9 Å². The number of carbonyl (C=O) groups excluding carboxylic acids is 2. The molecule has 182 valence electrons. The van der Waals surface area contributed by atoms with Crippen molar-refractivity contribution in [2.45, 2.75) is 57.5 Å². The molecule has 0 aliphatic carbocycles. The average molecular weight is 504 g/mol. The third-order valence-corrected chi connectivity index (χ3v) is 7.35. The van der Waals surface area contributed by atoms with Gasteiger partial charge >= 0.3 is 6.09 Å². The first-order valence-electron chi connectivity index (χ1n) is 11.6. The Labute approximate surface area is 210 Å². The Morgan fingerprint density at radius 2 is 1.79 bits per heavy atom. The van der Waals surface area contributed by atoms with Crippen LogP contribution in [0.25, 0.3) is 0 Å². The third-order valence-electron chi connectivity index (χ3n) is 6.79. The van der Waals surface area contributed by atoms with Gasteiger partial charge < -0.3 is 9.64 Å². The van der Waals surface area contributed by atoms with Crippen LogP contribution in [-0.4, -0.2) is 35.6 Å². The van der Waals surface area contributed by atoms with Gasteiger partial charge in [0.2, 0.25) is 0 Å². The summed E-state index contributed by atoms with van der Waals surface area (Å²) in [6, 6.07) is 12.8. The molecule has 1 saturated heterocycles. The fourth-order valence-corrected chi connectivity index (χ4v) is 5.55. The fraction of sp³-hybridized carbons (Fsp3) is 0.462. The summed E-state index contributed by atoms with van der Waals surface area (Å²) in [6.45, 7) is 6.88. The molecule has 0 aromatic heterocycles. The van der Waals surface area contributed by atoms with Crippen molar-refractivity contribution in [1.29, 1.82) is 0 Å². The van der Waals surface area contributed by atoms with Crippen LogP contribution in [0.2, 0.25) is 10.0 Å². The van der Waals surface area contributed by atoms with E-state index >= 15 is 0 Å². The van der Waals surface area contributed by atoms with Gasteiger partial charge in [0.15, 0.2) is 0 Å². The summed E-state index contributed by atoms with van der Waals surface area (Å²) in [5, 5.41) is 2.29. The molecule has 2 aromatic rings. The number of nitrogens with zero attached hydrogens (tertiary/aromatic N) is 2. The summed E-state index contributed by atoms with van der Waals surface area (Å²) >= 11 is 13.0. The van der Waals surface area contributed by atoms with Crippen molar-refractivity contribution < 1.29 is 14.3 Å². The number of hydrogen-bond donors (Lipinski definition) is 1. The molecule has 0 radical (unpaired) electrons. The quantitative estimate of drug-likeness (QED) is 0.414. The molecule has 2 aliphatic heterocycles. The van der Waals surface area contributed by atoms with Gasteiger partial charge in [-0.2, -0.15) is 0 Å². The van der Waals surface area contributed by atoms with Crippen molar-refractivity contribution in [3.63, 3.8) is 0 Å². The molecular formula is C26H31Cl2N3O3. The SMILES string of the molecule is CC(C)(C)OC(=O)N1CCC(CCC2(c3ccccc3Cl)C(=O)N(N)c3ccc(Cl)cc32)CC1. The number of rotatable bonds is 4. The van der Waals surface area contributed by atoms with Gasteiger partial charge in [-0.1, -0.05) is 41.4 Å². The highest BCUT2D eigenvalue weighted by Crippen LogP contribution is 2.51. The molecule has 4 rings (SSSR count). The van der Waals surface area contributed by atoms with Crippen molar-refractivity contribution in [2.24, 2.45) is 11.8 Å². The van der Waals surface area contributed by atoms with Crippen LogP contribution in [0.4, 0.5) is 10.5 Å². The van der Waals surface area contributed by atoms with Crippen molar-refractivity contribution in [3.8, 4) is 0 Å². The van der Waals surface area contributed by atoms with Crippen LogP contribution in [0.1, 0.15) is 57.6 Å². The van der Waals surface area contributed by atoms with Gasteiger partial charge in [0.05, 0.1) is 5.69 Å². The van der Waals surface area contributed by atoms with Gasteiger partial charge in [-0.05, 0) is 87.8 Å². The Kier molecular flexibility index (Phi) is 6.87. The normalized spacial score (nSPS) is 21.1. The van der Waals surface area contributed by atoms with Gasteiger partial charge in [0.25, 0.3) is 5.91 Å². The van der Waals surface area contributed by atoms with Gasteiger partial charge in [0.1, 0.15) is 11.0 Å². The van der Waals surface area contributed by atoms with E-state index in [9.17, 15) is 9.59 Å². The monoisotopic (exact) mass is 503 g/mol. The Bertz CT molecular complexity index is 1090. The Morgan fingerprint density at radius 3 is 2.44 bits per heavy atom. The zero-order valence-corrected chi connectivity index (χ0v) is 21.3. The summed E-state index contributed by atoms with van der Waals surface area (Å²) in [4.78, 5) is 27.9. The van der Waals surface area contributed by atoms with Crippen LogP contribution in [0, 0.1) is 5.92 Å². The number of carbonyl (C=O) groups is 2. The third kappa shape index (κ3) is 4.64. The van der Waals surface area contributed by atoms with Crippen LogP contribution in [0.15, 0.2) is 42.5 Å². The predicted molar refractivity (Wildman–Crippen MR) is 135 cm³/mol. The number of piperidine rings is 1. The van der Waals surface area contributed by atoms with Gasteiger partial charge in [0, 0.05) is 23.1 Å². The van der Waals surface area contributed by atoms with E-state index in [0.29, 0.717) is 41.2 Å². The Balaban J connectivity index is 1.57. The number of hydrazine groups is 1. The van der Waals surface area contributed by atoms with E-state index in [4.69, 9.17) is 33.8 Å². The second-order valence-corrected chi connectivity index (χ2v) is 11.0. The topological polar surface area (TPSA) is 75.9 Å². The molecule has 0 saturated carbocycles. The smallest absolute Gasteiger partial charge is 0.410 e. The van der Waals surface area contributed by atoms with Crippen LogP contribution < -0.4 is 10.9 Å². The minimum absolute atomic E-state index is 0.205. The van der Waals surface area contributed by atoms with E-state index in [-0.39, 0.29) is 12.0 Å². The van der Waals surface area contributed by atoms with E-state index in [1.54, 1.807) is 23.1 Å². The van der Waals surface area contributed by atoms with Crippen LogP contribution in [0.3, 0.4) is 0 Å². The molecule has 2 N–H and O–H groups in total. The van der Waals surface area contributed by atoms with Gasteiger partial charge in [-0.15, -0.1) is 0 Å². The van der Waals surface area contributed by atoms with Crippen molar-refractivity contribution in [2.75, 3.05) is 18.1 Å². The molecule has 8 heteroatoms. The molecule has 1 unspecified atom stereocenters. The summed E-state index contributed by atoms with van der Waals surface area (Å²) in [5.74, 6) is 6.41. The van der Waals surface area contributed by atoms with Gasteiger partial charge in [-0.25, -0.2) is 15.6 Å². The Hall–Kier alpha value is -2.28. The minimum atomic E-state index is -1.00. The maximum absolute atomic E-state index is 13.7. The molecule has 6 nitrogen and oxygen atoms in total. The second kappa shape index (κ2) is 9.40. The van der Waals surface area contributed by atoms with E-state index in [1.165, 1.54) is 5.01 Å². The van der Waals surface area contributed by atoms with E-state index in [2.05, 4.69) is 0 Å². The van der Waals surface area contributed by atoms with Crippen molar-refractivity contribution in [3.05, 3.63) is 63.6 Å². The number of ether oxygens (including phenoxy) is 1. The number of amides is 2. The highest BCUT2D eigenvalue weighted by Gasteiger charge is 2.52. The van der Waals surface area contributed by atoms with Gasteiger partial charge in [-0.3, -0.25) is 4.79 Å². The molecule has 1 fully saturated rings. The second-order valence-electron chi connectivity index (χ2n) is 10.2. The standard InChI is InChI=1S/C26H31Cl2N3O3/c1-25(2,3)34-24(33)30-14-11-17(12-15-30)10-13-26(19-6-4-5-7-21(19)28)20-16-18(27)8-9-22(20)31(29)23(26)32/h4-9,16-17H,10-15,29H2,1-3H3. The Morgan fingerprint density at radius 1 is 1.12 bits per heavy atom. The molecule has 2 amide bonds. The first-order chi connectivity index (χ1) is 16.0.